The summed E-state index contributed by atoms with van der Waals surface area (Å²) in [5, 5.41) is 7.16. The summed E-state index contributed by atoms with van der Waals surface area (Å²) in [6.07, 6.45) is 8.01. The zero-order chi connectivity index (χ0) is 20.9. The predicted octanol–water partition coefficient (Wildman–Crippen LogP) is 3.30. The van der Waals surface area contributed by atoms with Crippen LogP contribution in [0, 0.1) is 0 Å². The first-order chi connectivity index (χ1) is 14.8. The second-order valence-electron chi connectivity index (χ2n) is 6.51. The zero-order valence-corrected chi connectivity index (χ0v) is 17.6. The van der Waals surface area contributed by atoms with E-state index in [1.165, 1.54) is 0 Å². The van der Waals surface area contributed by atoms with Crippen molar-refractivity contribution in [3.63, 3.8) is 0 Å². The molecule has 0 atom stereocenters. The minimum Gasteiger partial charge on any atom is -0.356 e. The molecule has 1 amide bonds. The molecule has 0 aliphatic heterocycles. The van der Waals surface area contributed by atoms with Gasteiger partial charge in [-0.1, -0.05) is 24.3 Å². The molecule has 30 heavy (non-hydrogen) atoms. The molecule has 1 aromatic carbocycles. The Morgan fingerprint density at radius 2 is 1.93 bits per heavy atom. The number of amides is 1. The molecule has 8 heteroatoms. The number of aliphatic imine (C=N–C) groups is 1. The van der Waals surface area contributed by atoms with Gasteiger partial charge in [-0.3, -0.25) is 15.1 Å². The summed E-state index contributed by atoms with van der Waals surface area (Å²) in [5.41, 5.74) is 1.63. The van der Waals surface area contributed by atoms with Crippen molar-refractivity contribution in [2.45, 2.75) is 24.3 Å². The molecule has 2 heterocycles. The highest BCUT2D eigenvalue weighted by molar-refractivity contribution is 7.99. The third-order valence-electron chi connectivity index (χ3n) is 4.18. The molecule has 3 aromatic rings. The number of hydrogen-bond acceptors (Lipinski definition) is 5. The number of H-pyrrole nitrogens is 1. The standard InChI is InChI=1S/C22H26N6OS/c29-21(18-8-2-1-3-9-18)28-22(25-13-6-10-19-16-23-17-27-19)26-14-7-15-30-20-11-4-5-12-24-20/h1-5,8-9,11-12,16-17H,6-7,10,13-15H2,(H,23,27)(H2,25,26,28,29). The third kappa shape index (κ3) is 7.71. The highest BCUT2D eigenvalue weighted by Gasteiger charge is 2.08. The number of aryl methyl sites for hydroxylation is 1. The van der Waals surface area contributed by atoms with Crippen LogP contribution in [0.25, 0.3) is 0 Å². The summed E-state index contributed by atoms with van der Waals surface area (Å²) in [4.78, 5) is 28.6. The van der Waals surface area contributed by atoms with Crippen LogP contribution >= 0.6 is 11.8 Å². The Bertz CT molecular complexity index is 900. The van der Waals surface area contributed by atoms with E-state index in [-0.39, 0.29) is 5.91 Å². The Hall–Kier alpha value is -3.13. The molecule has 2 aromatic heterocycles. The van der Waals surface area contributed by atoms with Crippen molar-refractivity contribution in [3.8, 4) is 0 Å². The molecule has 0 spiro atoms. The van der Waals surface area contributed by atoms with Crippen LogP contribution in [-0.4, -0.2) is 45.7 Å². The van der Waals surface area contributed by atoms with Gasteiger partial charge in [-0.05, 0) is 43.5 Å². The van der Waals surface area contributed by atoms with Crippen molar-refractivity contribution in [3.05, 3.63) is 78.5 Å². The van der Waals surface area contributed by atoms with Crippen LogP contribution in [0.15, 0.2) is 77.3 Å². The van der Waals surface area contributed by atoms with Gasteiger partial charge < -0.3 is 10.3 Å². The molecule has 3 rings (SSSR count). The van der Waals surface area contributed by atoms with E-state index in [1.807, 2.05) is 42.6 Å². The molecular weight excluding hydrogens is 396 g/mol. The van der Waals surface area contributed by atoms with Crippen LogP contribution in [0.1, 0.15) is 28.9 Å². The number of rotatable bonds is 10. The van der Waals surface area contributed by atoms with Crippen LogP contribution in [-0.2, 0) is 6.42 Å². The summed E-state index contributed by atoms with van der Waals surface area (Å²) >= 11 is 1.70. The number of nitrogens with zero attached hydrogens (tertiary/aromatic N) is 3. The van der Waals surface area contributed by atoms with Crippen LogP contribution in [0.4, 0.5) is 0 Å². The van der Waals surface area contributed by atoms with E-state index >= 15 is 0 Å². The zero-order valence-electron chi connectivity index (χ0n) is 16.8. The number of carbonyl (C=O) groups is 1. The molecular formula is C22H26N6OS. The number of hydrogen-bond donors (Lipinski definition) is 3. The maximum atomic E-state index is 12.5. The van der Waals surface area contributed by atoms with Gasteiger partial charge >= 0.3 is 0 Å². The summed E-state index contributed by atoms with van der Waals surface area (Å²) < 4.78 is 0. The number of guanidine groups is 1. The lowest BCUT2D eigenvalue weighted by Gasteiger charge is -2.11. The van der Waals surface area contributed by atoms with Crippen LogP contribution in [0.5, 0.6) is 0 Å². The Labute approximate surface area is 180 Å². The van der Waals surface area contributed by atoms with E-state index < -0.39 is 0 Å². The third-order valence-corrected chi connectivity index (χ3v) is 5.22. The van der Waals surface area contributed by atoms with Crippen molar-refractivity contribution in [2.24, 2.45) is 4.99 Å². The molecule has 0 saturated carbocycles. The second kappa shape index (κ2) is 12.4. The number of thioether (sulfide) groups is 1. The van der Waals surface area contributed by atoms with Crippen molar-refractivity contribution in [1.29, 1.82) is 0 Å². The predicted molar refractivity (Wildman–Crippen MR) is 121 cm³/mol. The fourth-order valence-electron chi connectivity index (χ4n) is 2.68. The van der Waals surface area contributed by atoms with E-state index in [4.69, 9.17) is 0 Å². The summed E-state index contributed by atoms with van der Waals surface area (Å²) in [6.45, 7) is 1.32. The van der Waals surface area contributed by atoms with E-state index in [9.17, 15) is 4.79 Å². The molecule has 0 unspecified atom stereocenters. The molecule has 156 valence electrons. The number of carbonyl (C=O) groups excluding carboxylic acids is 1. The van der Waals surface area contributed by atoms with Crippen LogP contribution in [0.3, 0.4) is 0 Å². The molecule has 0 radical (unpaired) electrons. The number of benzene rings is 1. The van der Waals surface area contributed by atoms with Crippen molar-refractivity contribution in [1.82, 2.24) is 25.6 Å². The largest absolute Gasteiger partial charge is 0.356 e. The summed E-state index contributed by atoms with van der Waals surface area (Å²) in [5.74, 6) is 1.25. The van der Waals surface area contributed by atoms with Gasteiger partial charge in [-0.15, -0.1) is 11.8 Å². The first-order valence-corrected chi connectivity index (χ1v) is 11.0. The normalized spacial score (nSPS) is 11.3. The number of imidazole rings is 1. The van der Waals surface area contributed by atoms with Gasteiger partial charge in [0, 0.05) is 36.8 Å². The summed E-state index contributed by atoms with van der Waals surface area (Å²) in [7, 11) is 0. The highest BCUT2D eigenvalue weighted by Crippen LogP contribution is 2.14. The molecule has 7 nitrogen and oxygen atoms in total. The van der Waals surface area contributed by atoms with E-state index in [1.54, 1.807) is 36.4 Å². The lowest BCUT2D eigenvalue weighted by molar-refractivity contribution is 0.0975. The van der Waals surface area contributed by atoms with Gasteiger partial charge in [-0.25, -0.2) is 9.97 Å². The number of pyridine rings is 1. The van der Waals surface area contributed by atoms with Crippen molar-refractivity contribution < 1.29 is 4.79 Å². The average Bonchev–Trinajstić information content (AvgIpc) is 3.31. The molecule has 0 saturated heterocycles. The Balaban J connectivity index is 1.48. The lowest BCUT2D eigenvalue weighted by Crippen LogP contribution is -2.41. The van der Waals surface area contributed by atoms with Crippen LogP contribution < -0.4 is 10.6 Å². The fraction of sp³-hybridized carbons (Fsp3) is 0.273. The highest BCUT2D eigenvalue weighted by atomic mass is 32.2. The van der Waals surface area contributed by atoms with Gasteiger partial charge in [0.2, 0.25) is 0 Å². The minimum atomic E-state index is -0.169. The van der Waals surface area contributed by atoms with E-state index in [0.717, 1.165) is 35.7 Å². The van der Waals surface area contributed by atoms with Crippen molar-refractivity contribution >= 4 is 23.6 Å². The second-order valence-corrected chi connectivity index (χ2v) is 7.63. The average molecular weight is 423 g/mol. The quantitative estimate of drug-likeness (QED) is 0.202. The first-order valence-electron chi connectivity index (χ1n) is 9.97. The van der Waals surface area contributed by atoms with E-state index in [0.29, 0.717) is 24.6 Å². The first kappa shape index (κ1) is 21.6. The number of aromatic amines is 1. The maximum absolute atomic E-state index is 12.5. The van der Waals surface area contributed by atoms with Gasteiger partial charge in [0.15, 0.2) is 5.96 Å². The Kier molecular flexibility index (Phi) is 8.94. The lowest BCUT2D eigenvalue weighted by atomic mass is 10.2. The molecule has 0 aliphatic rings. The monoisotopic (exact) mass is 422 g/mol. The SMILES string of the molecule is O=C(NC(=NCCCSc1ccccn1)NCCCc1c[nH]cn1)c1ccccc1. The molecule has 3 N–H and O–H groups in total. The Morgan fingerprint density at radius 1 is 1.07 bits per heavy atom. The number of nitrogens with one attached hydrogen (secondary N) is 3. The van der Waals surface area contributed by atoms with E-state index in [2.05, 4.69) is 30.6 Å². The van der Waals surface area contributed by atoms with Gasteiger partial charge in [0.25, 0.3) is 5.91 Å². The smallest absolute Gasteiger partial charge is 0.257 e. The molecule has 0 aliphatic carbocycles. The summed E-state index contributed by atoms with van der Waals surface area (Å²) in [6, 6.07) is 15.0. The minimum absolute atomic E-state index is 0.169. The van der Waals surface area contributed by atoms with Crippen molar-refractivity contribution in [2.75, 3.05) is 18.8 Å². The Morgan fingerprint density at radius 3 is 2.70 bits per heavy atom. The van der Waals surface area contributed by atoms with Gasteiger partial charge in [-0.2, -0.15) is 0 Å². The van der Waals surface area contributed by atoms with Crippen LogP contribution in [0.2, 0.25) is 0 Å². The molecule has 0 fully saturated rings. The van der Waals surface area contributed by atoms with Gasteiger partial charge in [0.1, 0.15) is 0 Å². The maximum Gasteiger partial charge on any atom is 0.257 e. The topological polar surface area (TPSA) is 95.1 Å². The van der Waals surface area contributed by atoms with Gasteiger partial charge in [0.05, 0.1) is 17.0 Å². The molecule has 0 bridgehead atoms. The fourth-order valence-corrected chi connectivity index (χ4v) is 3.47. The number of aromatic nitrogens is 3.